The van der Waals surface area contributed by atoms with E-state index in [0.29, 0.717) is 0 Å². The van der Waals surface area contributed by atoms with Crippen molar-refractivity contribution in [1.82, 2.24) is 21.3 Å². The Morgan fingerprint density at radius 2 is 0.581 bits per heavy atom. The van der Waals surface area contributed by atoms with Crippen molar-refractivity contribution in [2.45, 2.75) is 178 Å². The van der Waals surface area contributed by atoms with Gasteiger partial charge in [-0.2, -0.15) is 0 Å². The molecule has 4 heterocycles. The van der Waals surface area contributed by atoms with Gasteiger partial charge in [0.25, 0.3) is 0 Å². The van der Waals surface area contributed by atoms with Crippen molar-refractivity contribution in [3.8, 4) is 0 Å². The number of hydrogen-bond acceptors (Lipinski definition) is 25. The number of methoxy groups -OCH3 is 1. The zero-order valence-electron chi connectivity index (χ0n) is 40.6. The molecule has 33 heteroatoms. The number of rotatable bonds is 19. The number of carbonyl (C=O) groups is 12. The topological polar surface area (TPSA) is 465 Å². The van der Waals surface area contributed by atoms with Crippen LogP contribution >= 0.6 is 0 Å². The first-order valence-electron chi connectivity index (χ1n) is 21.9. The Morgan fingerprint density at radius 3 is 0.824 bits per heavy atom. The molecule has 0 radical (unpaired) electrons. The van der Waals surface area contributed by atoms with Crippen molar-refractivity contribution >= 4 is 71.4 Å². The first-order valence-corrected chi connectivity index (χ1v) is 21.9. The molecule has 4 aliphatic rings. The van der Waals surface area contributed by atoms with E-state index >= 15 is 0 Å². The molecule has 0 spiro atoms. The summed E-state index contributed by atoms with van der Waals surface area (Å²) < 4.78 is 67.4. The fourth-order valence-corrected chi connectivity index (χ4v) is 8.55. The van der Waals surface area contributed by atoms with Gasteiger partial charge in [-0.1, -0.05) is 0 Å². The average Bonchev–Trinajstić information content (AvgIpc) is 3.25. The van der Waals surface area contributed by atoms with Gasteiger partial charge < -0.3 is 104 Å². The quantitative estimate of drug-likeness (QED) is 0.0430. The maximum Gasteiger partial charge on any atom is 0.335 e. The maximum absolute atomic E-state index is 13.3. The number of esters is 4. The van der Waals surface area contributed by atoms with Crippen LogP contribution in [0, 0.1) is 0 Å². The summed E-state index contributed by atoms with van der Waals surface area (Å²) in [4.78, 5) is 153. The second-order valence-electron chi connectivity index (χ2n) is 16.8. The Kier molecular flexibility index (Phi) is 20.6. The SMILES string of the molecule is CO[C@@H]1[C@H](OC(C)=O)[C@@H](NC(C)=O)[C@@H](O[C@@H]2[C@H](OC(C)=O)[C@@H](NC(C)=O)[C@@H](O[C@@H]3[C@H](OC(C)=O)[C@@H](NC(C)=O)[C@@H](O[C@@H]4[C@H](OC(C)=O)[C@@H](NC(C)=O)[C@@H](O)O[C@@H]4C(=O)O)O[C@@H]3C(=O)O)O[C@@H]2C(=O)O)O[C@@H]1C(=O)O. The molecular weight excluding hydrogens is 1010 g/mol. The Hall–Kier alpha value is -6.72. The van der Waals surface area contributed by atoms with Crippen LogP contribution < -0.4 is 21.3 Å². The van der Waals surface area contributed by atoms with Crippen molar-refractivity contribution in [2.75, 3.05) is 7.11 Å². The molecule has 0 bridgehead atoms. The zero-order chi connectivity index (χ0) is 55.8. The monoisotopic (exact) mass is 1070 g/mol. The van der Waals surface area contributed by atoms with Crippen LogP contribution in [0.5, 0.6) is 0 Å². The second-order valence-corrected chi connectivity index (χ2v) is 16.8. The lowest BCUT2D eigenvalue weighted by Crippen LogP contribution is -2.73. The molecule has 4 amide bonds. The van der Waals surface area contributed by atoms with E-state index in [4.69, 9.17) is 56.8 Å². The van der Waals surface area contributed by atoms with Crippen LogP contribution in [0.3, 0.4) is 0 Å². The van der Waals surface area contributed by atoms with E-state index in [0.717, 1.165) is 62.5 Å². The van der Waals surface area contributed by atoms with Gasteiger partial charge in [-0.25, -0.2) is 19.2 Å². The number of carboxylic acid groups (broad SMARTS) is 4. The lowest BCUT2D eigenvalue weighted by atomic mass is 9.92. The van der Waals surface area contributed by atoms with E-state index in [1.54, 1.807) is 0 Å². The summed E-state index contributed by atoms with van der Waals surface area (Å²) in [6.45, 7) is 7.10. The lowest BCUT2D eigenvalue weighted by Gasteiger charge is -2.51. The van der Waals surface area contributed by atoms with E-state index in [-0.39, 0.29) is 0 Å². The van der Waals surface area contributed by atoms with Gasteiger partial charge in [0.2, 0.25) is 23.6 Å². The van der Waals surface area contributed by atoms with Gasteiger partial charge in [-0.15, -0.1) is 0 Å². The van der Waals surface area contributed by atoms with Crippen molar-refractivity contribution in [2.24, 2.45) is 0 Å². The molecular formula is C41H56N4O29. The summed E-state index contributed by atoms with van der Waals surface area (Å²) in [5.41, 5.74) is 0. The number of amides is 4. The molecule has 33 nitrogen and oxygen atoms in total. The van der Waals surface area contributed by atoms with Gasteiger partial charge in [0, 0.05) is 62.5 Å². The van der Waals surface area contributed by atoms with Crippen LogP contribution in [-0.2, 0) is 114 Å². The molecule has 20 atom stereocenters. The van der Waals surface area contributed by atoms with Crippen LogP contribution in [0.4, 0.5) is 0 Å². The molecule has 9 N–H and O–H groups in total. The molecule has 0 aromatic heterocycles. The molecule has 0 aliphatic carbocycles. The molecule has 0 aromatic carbocycles. The highest BCUT2D eigenvalue weighted by Crippen LogP contribution is 2.37. The minimum absolute atomic E-state index is 0.794. The van der Waals surface area contributed by atoms with Crippen LogP contribution in [-0.4, -0.2) is 227 Å². The van der Waals surface area contributed by atoms with E-state index in [2.05, 4.69) is 21.3 Å². The molecule has 74 heavy (non-hydrogen) atoms. The maximum atomic E-state index is 13.3. The van der Waals surface area contributed by atoms with E-state index in [1.165, 1.54) is 0 Å². The van der Waals surface area contributed by atoms with Gasteiger partial charge in [-0.05, 0) is 0 Å². The summed E-state index contributed by atoms with van der Waals surface area (Å²) in [7, 11) is 1.01. The molecule has 4 fully saturated rings. The van der Waals surface area contributed by atoms with Gasteiger partial charge in [-0.3, -0.25) is 38.4 Å². The zero-order valence-corrected chi connectivity index (χ0v) is 40.6. The number of ether oxygens (including phenoxy) is 12. The van der Waals surface area contributed by atoms with Gasteiger partial charge in [0.15, 0.2) is 74.0 Å². The third-order valence-corrected chi connectivity index (χ3v) is 11.0. The van der Waals surface area contributed by atoms with E-state index in [1.807, 2.05) is 0 Å². The molecule has 4 aliphatic heterocycles. The predicted octanol–water partition coefficient (Wildman–Crippen LogP) is -5.87. The summed E-state index contributed by atoms with van der Waals surface area (Å²) in [5.74, 6) is -16.1. The van der Waals surface area contributed by atoms with Crippen molar-refractivity contribution in [3.63, 3.8) is 0 Å². The predicted molar refractivity (Wildman–Crippen MR) is 225 cm³/mol. The minimum Gasteiger partial charge on any atom is -0.479 e. The normalized spacial score (nSPS) is 35.8. The lowest BCUT2D eigenvalue weighted by molar-refractivity contribution is -0.352. The smallest absolute Gasteiger partial charge is 0.335 e. The van der Waals surface area contributed by atoms with Crippen molar-refractivity contribution in [3.05, 3.63) is 0 Å². The number of carbonyl (C=O) groups excluding carboxylic acids is 8. The van der Waals surface area contributed by atoms with E-state index < -0.39 is 194 Å². The molecule has 0 aromatic rings. The number of aliphatic hydroxyl groups excluding tert-OH is 1. The third-order valence-electron chi connectivity index (χ3n) is 11.0. The number of aliphatic carboxylic acids is 4. The highest BCUT2D eigenvalue weighted by Gasteiger charge is 2.62. The van der Waals surface area contributed by atoms with Gasteiger partial charge in [0.05, 0.1) is 0 Å². The second kappa shape index (κ2) is 25.5. The molecule has 4 rings (SSSR count). The summed E-state index contributed by atoms with van der Waals surface area (Å²) in [5, 5.41) is 61.6. The third kappa shape index (κ3) is 14.7. The first kappa shape index (κ1) is 59.8. The van der Waals surface area contributed by atoms with Crippen LogP contribution in [0.15, 0.2) is 0 Å². The molecule has 4 saturated heterocycles. The number of hydrogen-bond donors (Lipinski definition) is 9. The summed E-state index contributed by atoms with van der Waals surface area (Å²) in [6, 6.07) is -7.66. The standard InChI is InChI=1S/C41H56N4O29/c1-10(46)42-18-22(64-14(5)50)27(31(35(56)57)68-38(18)62)69-40-20(44-12(3)48)24(66-16(7)52)29(33(73-40)37(60)61)71-41-21(45-13(4)49)25(67-17(8)53)28(32(74-41)36(58)59)70-39-19(43-11(2)47)23(65-15(6)51)26(63-9)30(72-39)34(54)55/h18-33,38-41,62H,1-9H3,(H,42,46)(H,43,47)(H,44,48)(H,45,49)(H,54,55)(H,56,57)(H,58,59)(H,60,61)/t18-,19-,20-,21-,22-,23-,24-,25-,26-,27-,28-,29-,30+,31+,32+,33+,38+,39+,40+,41+/m1/s1. The highest BCUT2D eigenvalue weighted by atomic mass is 16.8. The van der Waals surface area contributed by atoms with E-state index in [9.17, 15) is 83.1 Å². The first-order chi connectivity index (χ1) is 34.5. The Morgan fingerprint density at radius 1 is 0.351 bits per heavy atom. The van der Waals surface area contributed by atoms with Gasteiger partial charge in [0.1, 0.15) is 48.6 Å². The Balaban J connectivity index is 1.90. The largest absolute Gasteiger partial charge is 0.479 e. The highest BCUT2D eigenvalue weighted by molar-refractivity contribution is 5.78. The molecule has 0 saturated carbocycles. The molecule has 0 unspecified atom stereocenters. The molecule has 414 valence electrons. The van der Waals surface area contributed by atoms with Crippen LogP contribution in [0.25, 0.3) is 0 Å². The van der Waals surface area contributed by atoms with Crippen LogP contribution in [0.2, 0.25) is 0 Å². The number of carboxylic acids is 4. The fourth-order valence-electron chi connectivity index (χ4n) is 8.55. The Labute approximate surface area is 417 Å². The van der Waals surface area contributed by atoms with Gasteiger partial charge >= 0.3 is 47.8 Å². The summed E-state index contributed by atoms with van der Waals surface area (Å²) >= 11 is 0. The number of aliphatic hydroxyl groups is 1. The minimum atomic E-state index is -2.56. The average molecular weight is 1070 g/mol. The van der Waals surface area contributed by atoms with Crippen molar-refractivity contribution < 1.29 is 140 Å². The van der Waals surface area contributed by atoms with Crippen LogP contribution in [0.1, 0.15) is 55.4 Å². The Bertz CT molecular complexity index is 2180. The number of nitrogens with one attached hydrogen (secondary N) is 4. The van der Waals surface area contributed by atoms with Crippen molar-refractivity contribution in [1.29, 1.82) is 0 Å². The summed E-state index contributed by atoms with van der Waals surface area (Å²) in [6.07, 6.45) is -35.3. The fraction of sp³-hybridized carbons (Fsp3) is 0.707.